The van der Waals surface area contributed by atoms with Crippen molar-refractivity contribution < 1.29 is 80.2 Å². The minimum Gasteiger partial charge on any atom is -0.462 e. The molecule has 0 aliphatic rings. The van der Waals surface area contributed by atoms with E-state index in [-0.39, 0.29) is 25.7 Å². The first kappa shape index (κ1) is 93.1. The van der Waals surface area contributed by atoms with Crippen LogP contribution in [-0.4, -0.2) is 96.7 Å². The van der Waals surface area contributed by atoms with Crippen LogP contribution in [0.4, 0.5) is 0 Å². The molecule has 95 heavy (non-hydrogen) atoms. The summed E-state index contributed by atoms with van der Waals surface area (Å²) in [5, 5.41) is 10.6. The lowest BCUT2D eigenvalue weighted by atomic mass is 10.0. The van der Waals surface area contributed by atoms with E-state index >= 15 is 0 Å². The monoisotopic (exact) mass is 1400 g/mol. The van der Waals surface area contributed by atoms with E-state index in [0.29, 0.717) is 25.7 Å². The number of hydrogen-bond acceptors (Lipinski definition) is 15. The first-order valence-corrected chi connectivity index (χ1v) is 42.6. The van der Waals surface area contributed by atoms with Crippen molar-refractivity contribution >= 4 is 39.5 Å². The van der Waals surface area contributed by atoms with Crippen molar-refractivity contribution in [2.45, 2.75) is 419 Å². The maximum Gasteiger partial charge on any atom is 0.472 e. The third-order valence-electron chi connectivity index (χ3n) is 17.8. The number of phosphoric ester groups is 2. The van der Waals surface area contributed by atoms with Crippen LogP contribution in [0, 0.1) is 5.92 Å². The van der Waals surface area contributed by atoms with Crippen molar-refractivity contribution in [3.05, 3.63) is 0 Å². The van der Waals surface area contributed by atoms with Crippen LogP contribution in [0.3, 0.4) is 0 Å². The normalized spacial score (nSPS) is 13.9. The molecule has 0 aromatic heterocycles. The standard InChI is InChI=1S/C76H148O17P2/c1-6-9-12-15-18-20-22-24-26-27-28-33-36-40-45-50-55-60-74(79)87-66-72(93-76(81)62-57-52-47-42-38-34-30-29-31-35-39-44-48-53-58-69(4)5)68-91-95(84,85)89-64-70(77)63-88-94(82,83)90-67-71(65-86-73(78)59-54-49-43-17-14-11-8-3)92-75(80)61-56-51-46-41-37-32-25-23-21-19-16-13-10-7-2/h69-72,77H,6-68H2,1-5H3,(H,82,83)(H,84,85)/t70-,71+,72+/m0/s1. The predicted octanol–water partition coefficient (Wildman–Crippen LogP) is 22.5. The quantitative estimate of drug-likeness (QED) is 0.0222. The van der Waals surface area contributed by atoms with Crippen LogP contribution in [-0.2, 0) is 65.4 Å². The molecule has 0 bridgehead atoms. The van der Waals surface area contributed by atoms with Crippen molar-refractivity contribution in [1.82, 2.24) is 0 Å². The average molecular weight is 1400 g/mol. The topological polar surface area (TPSA) is 237 Å². The van der Waals surface area contributed by atoms with E-state index < -0.39 is 97.5 Å². The van der Waals surface area contributed by atoms with Crippen LogP contribution >= 0.6 is 15.6 Å². The van der Waals surface area contributed by atoms with Gasteiger partial charge in [0.15, 0.2) is 12.2 Å². The molecule has 0 rings (SSSR count). The molecule has 3 N–H and O–H groups in total. The van der Waals surface area contributed by atoms with Crippen LogP contribution in [0.1, 0.15) is 401 Å². The Balaban J connectivity index is 5.19. The third kappa shape index (κ3) is 70.3. The van der Waals surface area contributed by atoms with Gasteiger partial charge in [0.1, 0.15) is 19.3 Å². The van der Waals surface area contributed by atoms with Gasteiger partial charge in [0.05, 0.1) is 26.4 Å². The number of unbranched alkanes of at least 4 members (excludes halogenated alkanes) is 48. The summed E-state index contributed by atoms with van der Waals surface area (Å²) in [5.74, 6) is -1.32. The molecule has 0 heterocycles. The van der Waals surface area contributed by atoms with Crippen molar-refractivity contribution in [3.8, 4) is 0 Å². The molecule has 0 saturated carbocycles. The molecule has 0 aliphatic heterocycles. The first-order chi connectivity index (χ1) is 46.0. The SMILES string of the molecule is CCCCCCCCCCCCCCCCCCCC(=O)OC[C@H](COP(=O)(O)OC[C@@H](O)COP(=O)(O)OC[C@@H](COC(=O)CCCCCCCCC)OC(=O)CCCCCCCCCCCCCCCC)OC(=O)CCCCCCCCCCCCCCCCC(C)C. The second-order valence-corrected chi connectivity index (χ2v) is 30.8. The summed E-state index contributed by atoms with van der Waals surface area (Å²) in [6.45, 7) is 7.28. The number of carbonyl (C=O) groups excluding carboxylic acids is 4. The van der Waals surface area contributed by atoms with E-state index in [0.717, 1.165) is 109 Å². The Kier molecular flexibility index (Phi) is 67.7. The minimum absolute atomic E-state index is 0.108. The second-order valence-electron chi connectivity index (χ2n) is 27.9. The van der Waals surface area contributed by atoms with E-state index in [1.807, 2.05) is 0 Å². The maximum absolute atomic E-state index is 13.1. The Hall–Kier alpha value is -1.94. The highest BCUT2D eigenvalue weighted by Gasteiger charge is 2.30. The molecule has 0 spiro atoms. The summed E-state index contributed by atoms with van der Waals surface area (Å²) in [4.78, 5) is 72.7. The lowest BCUT2D eigenvalue weighted by molar-refractivity contribution is -0.161. The van der Waals surface area contributed by atoms with Gasteiger partial charge in [-0.2, -0.15) is 0 Å². The van der Waals surface area contributed by atoms with E-state index in [9.17, 15) is 43.2 Å². The molecular weight excluding hydrogens is 1250 g/mol. The van der Waals surface area contributed by atoms with E-state index in [1.165, 1.54) is 212 Å². The van der Waals surface area contributed by atoms with Gasteiger partial charge in [-0.25, -0.2) is 9.13 Å². The number of ether oxygens (including phenoxy) is 4. The van der Waals surface area contributed by atoms with Gasteiger partial charge in [-0.3, -0.25) is 37.3 Å². The highest BCUT2D eigenvalue weighted by molar-refractivity contribution is 7.47. The van der Waals surface area contributed by atoms with Gasteiger partial charge < -0.3 is 33.8 Å². The fraction of sp³-hybridized carbons (Fsp3) is 0.947. The van der Waals surface area contributed by atoms with Crippen LogP contribution in [0.25, 0.3) is 0 Å². The van der Waals surface area contributed by atoms with Crippen molar-refractivity contribution in [2.24, 2.45) is 5.92 Å². The second kappa shape index (κ2) is 69.2. The van der Waals surface area contributed by atoms with Gasteiger partial charge in [0.25, 0.3) is 0 Å². The van der Waals surface area contributed by atoms with Crippen molar-refractivity contribution in [2.75, 3.05) is 39.6 Å². The lowest BCUT2D eigenvalue weighted by Gasteiger charge is -2.21. The van der Waals surface area contributed by atoms with E-state index in [1.54, 1.807) is 0 Å². The number of carbonyl (C=O) groups is 4. The Labute approximate surface area is 581 Å². The third-order valence-corrected chi connectivity index (χ3v) is 19.7. The van der Waals surface area contributed by atoms with Crippen LogP contribution in [0.15, 0.2) is 0 Å². The van der Waals surface area contributed by atoms with E-state index in [2.05, 4.69) is 34.6 Å². The molecule has 0 aromatic carbocycles. The largest absolute Gasteiger partial charge is 0.472 e. The smallest absolute Gasteiger partial charge is 0.462 e. The van der Waals surface area contributed by atoms with Gasteiger partial charge in [-0.05, 0) is 31.6 Å². The van der Waals surface area contributed by atoms with Crippen molar-refractivity contribution in [1.29, 1.82) is 0 Å². The zero-order valence-electron chi connectivity index (χ0n) is 61.8. The number of hydrogen-bond donors (Lipinski definition) is 3. The van der Waals surface area contributed by atoms with Gasteiger partial charge in [-0.1, -0.05) is 349 Å². The molecule has 0 amide bonds. The number of esters is 4. The highest BCUT2D eigenvalue weighted by atomic mass is 31.2. The molecule has 2 unspecified atom stereocenters. The minimum atomic E-state index is -4.96. The lowest BCUT2D eigenvalue weighted by Crippen LogP contribution is -2.30. The summed E-state index contributed by atoms with van der Waals surface area (Å²) >= 11 is 0. The Morgan fingerprint density at radius 2 is 0.484 bits per heavy atom. The zero-order valence-corrected chi connectivity index (χ0v) is 63.6. The zero-order chi connectivity index (χ0) is 69.8. The number of aliphatic hydroxyl groups is 1. The molecule has 0 saturated heterocycles. The Morgan fingerprint density at radius 1 is 0.284 bits per heavy atom. The summed E-state index contributed by atoms with van der Waals surface area (Å²) in [6, 6.07) is 0. The predicted molar refractivity (Wildman–Crippen MR) is 386 cm³/mol. The molecule has 0 aliphatic carbocycles. The summed E-state index contributed by atoms with van der Waals surface area (Å²) < 4.78 is 68.4. The molecule has 17 nitrogen and oxygen atoms in total. The van der Waals surface area contributed by atoms with Gasteiger partial charge in [0.2, 0.25) is 0 Å². The molecular formula is C76H148O17P2. The number of phosphoric acid groups is 2. The summed E-state index contributed by atoms with van der Waals surface area (Å²) in [7, 11) is -9.90. The molecule has 564 valence electrons. The van der Waals surface area contributed by atoms with Crippen molar-refractivity contribution in [3.63, 3.8) is 0 Å². The Bertz CT molecular complexity index is 1820. The van der Waals surface area contributed by atoms with Gasteiger partial charge in [-0.15, -0.1) is 0 Å². The maximum atomic E-state index is 13.1. The molecule has 0 radical (unpaired) electrons. The summed E-state index contributed by atoms with van der Waals surface area (Å²) in [6.07, 6.45) is 58.3. The molecule has 19 heteroatoms. The average Bonchev–Trinajstić information content (AvgIpc) is 3.64. The van der Waals surface area contributed by atoms with E-state index in [4.69, 9.17) is 37.0 Å². The molecule has 0 aromatic rings. The fourth-order valence-corrected chi connectivity index (χ4v) is 13.3. The number of aliphatic hydroxyl groups excluding tert-OH is 1. The fourth-order valence-electron chi connectivity index (χ4n) is 11.7. The molecule has 0 fully saturated rings. The first-order valence-electron chi connectivity index (χ1n) is 39.6. The molecule has 5 atom stereocenters. The van der Waals surface area contributed by atoms with Crippen LogP contribution < -0.4 is 0 Å². The highest BCUT2D eigenvalue weighted by Crippen LogP contribution is 2.45. The summed E-state index contributed by atoms with van der Waals surface area (Å²) in [5.41, 5.74) is 0. The Morgan fingerprint density at radius 3 is 0.716 bits per heavy atom. The van der Waals surface area contributed by atoms with Gasteiger partial charge in [0, 0.05) is 25.7 Å². The number of rotatable bonds is 76. The van der Waals surface area contributed by atoms with Crippen LogP contribution in [0.5, 0.6) is 0 Å². The van der Waals surface area contributed by atoms with Gasteiger partial charge >= 0.3 is 39.5 Å². The van der Waals surface area contributed by atoms with Crippen LogP contribution in [0.2, 0.25) is 0 Å².